The molecule has 0 spiro atoms. The number of aromatic nitrogens is 2. The predicted molar refractivity (Wildman–Crippen MR) is 110 cm³/mol. The lowest BCUT2D eigenvalue weighted by atomic mass is 10.0. The fraction of sp³-hybridized carbons (Fsp3) is 0.318. The fourth-order valence-corrected chi connectivity index (χ4v) is 3.79. The number of furan rings is 1. The number of carbonyl (C=O) groups excluding carboxylic acids is 2. The maximum Gasteiger partial charge on any atom is 0.289 e. The summed E-state index contributed by atoms with van der Waals surface area (Å²) < 4.78 is 12.4. The van der Waals surface area contributed by atoms with Gasteiger partial charge in [-0.1, -0.05) is 30.3 Å². The summed E-state index contributed by atoms with van der Waals surface area (Å²) in [6, 6.07) is 14.6. The van der Waals surface area contributed by atoms with Crippen LogP contribution in [0.25, 0.3) is 0 Å². The van der Waals surface area contributed by atoms with Crippen molar-refractivity contribution in [3.05, 3.63) is 72.3 Å². The Balaban J connectivity index is 1.40. The summed E-state index contributed by atoms with van der Waals surface area (Å²) in [5.74, 6) is 0.620. The second kappa shape index (κ2) is 8.96. The van der Waals surface area contributed by atoms with Crippen LogP contribution in [0.2, 0.25) is 0 Å². The highest BCUT2D eigenvalue weighted by atomic mass is 16.5. The smallest absolute Gasteiger partial charge is 0.289 e. The number of hydrogen-bond donors (Lipinski definition) is 1. The number of likely N-dealkylation sites (tertiary alicyclic amines) is 1. The number of carbonyl (C=O) groups is 2. The second-order valence-electron chi connectivity index (χ2n) is 7.18. The monoisotopic (exact) mass is 408 g/mol. The van der Waals surface area contributed by atoms with Crippen LogP contribution >= 0.6 is 0 Å². The molecule has 3 aromatic rings. The zero-order valence-corrected chi connectivity index (χ0v) is 16.7. The molecular formula is C22H24N4O4. The lowest BCUT2D eigenvalue weighted by molar-refractivity contribution is -0.126. The van der Waals surface area contributed by atoms with Gasteiger partial charge in [0.25, 0.3) is 11.8 Å². The van der Waals surface area contributed by atoms with Crippen LogP contribution in [0.5, 0.6) is 0 Å². The van der Waals surface area contributed by atoms with E-state index in [1.54, 1.807) is 29.3 Å². The minimum Gasteiger partial charge on any atom is -0.459 e. The highest BCUT2D eigenvalue weighted by Crippen LogP contribution is 2.27. The molecule has 1 aliphatic heterocycles. The molecule has 2 amide bonds. The molecule has 0 unspecified atom stereocenters. The zero-order valence-electron chi connectivity index (χ0n) is 16.7. The quantitative estimate of drug-likeness (QED) is 0.676. The number of methoxy groups -OCH3 is 1. The average molecular weight is 408 g/mol. The molecule has 0 radical (unpaired) electrons. The largest absolute Gasteiger partial charge is 0.459 e. The maximum atomic E-state index is 12.8. The number of nitrogens with zero attached hydrogens (tertiary/aromatic N) is 3. The first-order valence-corrected chi connectivity index (χ1v) is 9.92. The molecule has 1 aliphatic rings. The Hall–Kier alpha value is -3.39. The van der Waals surface area contributed by atoms with Crippen molar-refractivity contribution < 1.29 is 18.7 Å². The van der Waals surface area contributed by atoms with Crippen LogP contribution in [0, 0.1) is 0 Å². The van der Waals surface area contributed by atoms with Crippen molar-refractivity contribution in [2.24, 2.45) is 0 Å². The molecule has 2 aromatic heterocycles. The summed E-state index contributed by atoms with van der Waals surface area (Å²) >= 11 is 0. The van der Waals surface area contributed by atoms with Gasteiger partial charge >= 0.3 is 0 Å². The Morgan fingerprint density at radius 2 is 1.90 bits per heavy atom. The van der Waals surface area contributed by atoms with E-state index >= 15 is 0 Å². The van der Waals surface area contributed by atoms with Crippen molar-refractivity contribution in [1.82, 2.24) is 14.7 Å². The first-order chi connectivity index (χ1) is 14.7. The van der Waals surface area contributed by atoms with Crippen molar-refractivity contribution >= 4 is 17.6 Å². The van der Waals surface area contributed by atoms with Gasteiger partial charge in [0, 0.05) is 26.3 Å². The number of amides is 2. The Bertz CT molecular complexity index is 976. The summed E-state index contributed by atoms with van der Waals surface area (Å²) in [7, 11) is 1.51. The molecule has 1 aromatic carbocycles. The predicted octanol–water partition coefficient (Wildman–Crippen LogP) is 3.28. The molecule has 3 heterocycles. The Labute approximate surface area is 174 Å². The van der Waals surface area contributed by atoms with E-state index in [0.717, 1.165) is 18.4 Å². The van der Waals surface area contributed by atoms with E-state index in [9.17, 15) is 9.59 Å². The van der Waals surface area contributed by atoms with Crippen molar-refractivity contribution in [2.75, 3.05) is 25.5 Å². The molecular weight excluding hydrogens is 384 g/mol. The molecule has 1 saturated heterocycles. The Morgan fingerprint density at radius 3 is 2.57 bits per heavy atom. The van der Waals surface area contributed by atoms with Gasteiger partial charge in [-0.05, 0) is 30.5 Å². The van der Waals surface area contributed by atoms with E-state index in [0.29, 0.717) is 24.7 Å². The van der Waals surface area contributed by atoms with Crippen LogP contribution in [-0.4, -0.2) is 46.7 Å². The van der Waals surface area contributed by atoms with Crippen LogP contribution in [0.3, 0.4) is 0 Å². The van der Waals surface area contributed by atoms with Gasteiger partial charge in [0.15, 0.2) is 11.9 Å². The van der Waals surface area contributed by atoms with Gasteiger partial charge in [0.05, 0.1) is 18.5 Å². The molecule has 156 valence electrons. The van der Waals surface area contributed by atoms with Crippen molar-refractivity contribution in [1.29, 1.82) is 0 Å². The lowest BCUT2D eigenvalue weighted by Gasteiger charge is -2.32. The number of hydrogen-bond acceptors (Lipinski definition) is 5. The maximum absolute atomic E-state index is 12.8. The second-order valence-corrected chi connectivity index (χ2v) is 7.18. The van der Waals surface area contributed by atoms with Crippen LogP contribution in [0.4, 0.5) is 5.82 Å². The van der Waals surface area contributed by atoms with E-state index in [2.05, 4.69) is 10.4 Å². The van der Waals surface area contributed by atoms with Crippen LogP contribution in [0.15, 0.2) is 65.4 Å². The molecule has 1 atom stereocenters. The number of anilines is 1. The molecule has 8 heteroatoms. The third-order valence-electron chi connectivity index (χ3n) is 5.33. The Morgan fingerprint density at radius 1 is 1.13 bits per heavy atom. The number of piperidine rings is 1. The number of ether oxygens (including phenoxy) is 1. The van der Waals surface area contributed by atoms with E-state index in [4.69, 9.17) is 9.15 Å². The summed E-state index contributed by atoms with van der Waals surface area (Å²) in [5, 5.41) is 7.34. The third kappa shape index (κ3) is 4.13. The zero-order chi connectivity index (χ0) is 20.9. The molecule has 8 nitrogen and oxygen atoms in total. The lowest BCUT2D eigenvalue weighted by Crippen LogP contribution is -2.39. The SMILES string of the molecule is CO[C@H](C(=O)Nc1ccnn1C1CCN(C(=O)c2ccco2)CC1)c1ccccc1. The van der Waals surface area contributed by atoms with Gasteiger partial charge in [-0.15, -0.1) is 0 Å². The molecule has 4 rings (SSSR count). The van der Waals surface area contributed by atoms with Crippen LogP contribution in [0.1, 0.15) is 41.1 Å². The number of nitrogens with one attached hydrogen (secondary N) is 1. The summed E-state index contributed by atoms with van der Waals surface area (Å²) in [5.41, 5.74) is 0.785. The van der Waals surface area contributed by atoms with Crippen LogP contribution < -0.4 is 5.32 Å². The summed E-state index contributed by atoms with van der Waals surface area (Å²) in [6.07, 6.45) is 3.94. The van der Waals surface area contributed by atoms with Crippen LogP contribution in [-0.2, 0) is 9.53 Å². The first kappa shape index (κ1) is 19.9. The minimum atomic E-state index is -0.706. The minimum absolute atomic E-state index is 0.0914. The molecule has 0 aliphatic carbocycles. The van der Waals surface area contributed by atoms with Gasteiger partial charge in [0.2, 0.25) is 0 Å². The molecule has 1 fully saturated rings. The molecule has 0 bridgehead atoms. The van der Waals surface area contributed by atoms with Crippen molar-refractivity contribution in [3.63, 3.8) is 0 Å². The van der Waals surface area contributed by atoms with Crippen molar-refractivity contribution in [2.45, 2.75) is 25.0 Å². The third-order valence-corrected chi connectivity index (χ3v) is 5.33. The van der Waals surface area contributed by atoms with E-state index in [-0.39, 0.29) is 17.9 Å². The van der Waals surface area contributed by atoms with E-state index in [1.807, 2.05) is 35.0 Å². The average Bonchev–Trinajstić information content (AvgIpc) is 3.47. The number of rotatable bonds is 6. The van der Waals surface area contributed by atoms with Gasteiger partial charge in [-0.2, -0.15) is 5.10 Å². The standard InChI is InChI=1S/C22H24N4O4/c1-29-20(16-6-3-2-4-7-16)21(27)24-19-9-12-23-26(19)17-10-13-25(14-11-17)22(28)18-8-5-15-30-18/h2-9,12,15,17,20H,10-11,13-14H2,1H3,(H,24,27)/t20-/m0/s1. The molecule has 30 heavy (non-hydrogen) atoms. The van der Waals surface area contributed by atoms with Gasteiger partial charge in [-0.25, -0.2) is 4.68 Å². The summed E-state index contributed by atoms with van der Waals surface area (Å²) in [6.45, 7) is 1.20. The highest BCUT2D eigenvalue weighted by molar-refractivity contribution is 5.94. The van der Waals surface area contributed by atoms with Gasteiger partial charge in [0.1, 0.15) is 5.82 Å². The highest BCUT2D eigenvalue weighted by Gasteiger charge is 2.28. The fourth-order valence-electron chi connectivity index (χ4n) is 3.79. The Kier molecular flexibility index (Phi) is 5.94. The number of benzene rings is 1. The van der Waals surface area contributed by atoms with Gasteiger partial charge < -0.3 is 19.4 Å². The topological polar surface area (TPSA) is 89.6 Å². The van der Waals surface area contributed by atoms with Gasteiger partial charge in [-0.3, -0.25) is 9.59 Å². The molecule has 0 saturated carbocycles. The summed E-state index contributed by atoms with van der Waals surface area (Å²) in [4.78, 5) is 27.0. The molecule has 1 N–H and O–H groups in total. The van der Waals surface area contributed by atoms with Crippen molar-refractivity contribution in [3.8, 4) is 0 Å². The van der Waals surface area contributed by atoms with E-state index in [1.165, 1.54) is 13.4 Å². The first-order valence-electron chi connectivity index (χ1n) is 9.92. The van der Waals surface area contributed by atoms with E-state index < -0.39 is 6.10 Å². The normalized spacial score (nSPS) is 15.7.